The minimum atomic E-state index is -4.84. The summed E-state index contributed by atoms with van der Waals surface area (Å²) in [6.45, 7) is 6.67. The molecule has 1 atom stereocenters. The highest BCUT2D eigenvalue weighted by Crippen LogP contribution is 2.36. The molecule has 2 aromatic rings. The number of nitrogens with zero attached hydrogens (tertiary/aromatic N) is 3. The molecule has 0 bridgehead atoms. The Morgan fingerprint density at radius 3 is 2.61 bits per heavy atom. The molecule has 11 nitrogen and oxygen atoms in total. The third-order valence-electron chi connectivity index (χ3n) is 4.20. The predicted octanol–water partition coefficient (Wildman–Crippen LogP) is 2.26. The lowest BCUT2D eigenvalue weighted by Gasteiger charge is -2.12. The molecule has 0 aliphatic rings. The van der Waals surface area contributed by atoms with Crippen molar-refractivity contribution in [1.82, 2.24) is 20.6 Å². The number of aromatic hydroxyl groups is 1. The fourth-order valence-corrected chi connectivity index (χ4v) is 3.38. The molecule has 0 aromatic carbocycles. The molecule has 1 unspecified atom stereocenters. The molecule has 0 radical (unpaired) electrons. The number of hydrogen-bond acceptors (Lipinski definition) is 9. The summed E-state index contributed by atoms with van der Waals surface area (Å²) in [7, 11) is 0. The van der Waals surface area contributed by atoms with Gasteiger partial charge in [0.1, 0.15) is 32.7 Å². The number of aromatic nitrogens is 2. The third kappa shape index (κ3) is 7.90. The van der Waals surface area contributed by atoms with E-state index in [9.17, 15) is 32.7 Å². The van der Waals surface area contributed by atoms with Crippen LogP contribution in [0, 0.1) is 0 Å². The van der Waals surface area contributed by atoms with Gasteiger partial charge in [-0.2, -0.15) is 13.2 Å². The van der Waals surface area contributed by atoms with Crippen LogP contribution in [0.15, 0.2) is 47.5 Å². The smallest absolute Gasteiger partial charge is 0.420 e. The van der Waals surface area contributed by atoms with Crippen molar-refractivity contribution in [1.29, 1.82) is 0 Å². The average molecular weight is 526 g/mol. The number of aliphatic imine (C=N–C) groups is 1. The molecule has 0 fully saturated rings. The number of nitrogens with two attached hydrogens (primary N) is 1. The zero-order valence-corrected chi connectivity index (χ0v) is 19.8. The number of thiazole rings is 1. The van der Waals surface area contributed by atoms with E-state index in [0.717, 1.165) is 11.3 Å². The van der Waals surface area contributed by atoms with Crippen molar-refractivity contribution in [2.45, 2.75) is 26.1 Å². The highest BCUT2D eigenvalue weighted by molar-refractivity contribution is 7.13. The molecule has 0 saturated carbocycles. The van der Waals surface area contributed by atoms with Crippen LogP contribution in [0.5, 0.6) is 5.75 Å². The van der Waals surface area contributed by atoms with Gasteiger partial charge in [-0.15, -0.1) is 11.3 Å². The molecule has 36 heavy (non-hydrogen) atoms. The maximum Gasteiger partial charge on any atom is 0.420 e. The van der Waals surface area contributed by atoms with E-state index < -0.39 is 47.1 Å². The molecular weight excluding hydrogens is 503 g/mol. The second-order valence-electron chi connectivity index (χ2n) is 7.06. The van der Waals surface area contributed by atoms with Gasteiger partial charge in [0.15, 0.2) is 0 Å². The van der Waals surface area contributed by atoms with Gasteiger partial charge in [-0.3, -0.25) is 19.4 Å². The van der Waals surface area contributed by atoms with Crippen molar-refractivity contribution < 1.29 is 32.7 Å². The Kier molecular flexibility index (Phi) is 9.26. The number of anilines is 1. The van der Waals surface area contributed by atoms with Gasteiger partial charge in [-0.05, 0) is 26.0 Å². The standard InChI is InChI=1S/C21H22F3N7O4S/c1-4-26-13(5-10(2)27-9-16(25)33)18(34)30-11(3)20-29-8-15(36-20)19(35)31-17-6-12(21(22,23)24)14(32)7-28-17/h4-8,11,27,32H,2,9H2,1,3H3,(H2,25,33)(H,30,34)(H,28,31,35)/b13-5-,26-4?. The van der Waals surface area contributed by atoms with Crippen molar-refractivity contribution in [3.63, 3.8) is 0 Å². The van der Waals surface area contributed by atoms with Gasteiger partial charge < -0.3 is 26.8 Å². The Hall–Kier alpha value is -4.27. The van der Waals surface area contributed by atoms with Crippen molar-refractivity contribution in [3.05, 3.63) is 58.0 Å². The van der Waals surface area contributed by atoms with E-state index in [0.29, 0.717) is 17.3 Å². The Bertz CT molecular complexity index is 1220. The zero-order valence-electron chi connectivity index (χ0n) is 19.0. The number of amides is 3. The molecular formula is C21H22F3N7O4S. The number of nitrogens with one attached hydrogen (secondary N) is 3. The summed E-state index contributed by atoms with van der Waals surface area (Å²) < 4.78 is 38.8. The summed E-state index contributed by atoms with van der Waals surface area (Å²) in [5.41, 5.74) is 3.90. The lowest BCUT2D eigenvalue weighted by Crippen LogP contribution is -2.29. The second-order valence-corrected chi connectivity index (χ2v) is 8.12. The van der Waals surface area contributed by atoms with E-state index in [1.165, 1.54) is 18.5 Å². The lowest BCUT2D eigenvalue weighted by molar-refractivity contribution is -0.138. The molecule has 2 heterocycles. The fraction of sp³-hybridized carbons (Fsp3) is 0.238. The van der Waals surface area contributed by atoms with Crippen LogP contribution >= 0.6 is 11.3 Å². The number of rotatable bonds is 10. The molecule has 6 N–H and O–H groups in total. The molecule has 2 aromatic heterocycles. The SMILES string of the molecule is C=C(/C=C(\N=CC)C(=O)NC(C)c1ncc(C(=O)Nc2cc(C(F)(F)F)c(O)cn2)s1)NCC(N)=O. The lowest BCUT2D eigenvalue weighted by atomic mass is 10.2. The van der Waals surface area contributed by atoms with Crippen LogP contribution in [0.4, 0.5) is 19.0 Å². The monoisotopic (exact) mass is 525 g/mol. The number of pyridine rings is 1. The summed E-state index contributed by atoms with van der Waals surface area (Å²) in [4.78, 5) is 47.6. The van der Waals surface area contributed by atoms with Crippen LogP contribution in [-0.4, -0.2) is 45.6 Å². The minimum Gasteiger partial charge on any atom is -0.506 e. The predicted molar refractivity (Wildman–Crippen MR) is 126 cm³/mol. The number of primary amides is 1. The highest BCUT2D eigenvalue weighted by atomic mass is 32.1. The van der Waals surface area contributed by atoms with E-state index in [-0.39, 0.29) is 22.8 Å². The number of carbonyl (C=O) groups excluding carboxylic acids is 3. The first-order valence-electron chi connectivity index (χ1n) is 10.1. The van der Waals surface area contributed by atoms with Crippen LogP contribution < -0.4 is 21.7 Å². The van der Waals surface area contributed by atoms with Gasteiger partial charge in [0.2, 0.25) is 5.91 Å². The first-order chi connectivity index (χ1) is 16.8. The Morgan fingerprint density at radius 2 is 2.00 bits per heavy atom. The fourth-order valence-electron chi connectivity index (χ4n) is 2.56. The highest BCUT2D eigenvalue weighted by Gasteiger charge is 2.34. The molecule has 192 valence electrons. The minimum absolute atomic E-state index is 0.0280. The van der Waals surface area contributed by atoms with Gasteiger partial charge in [0.25, 0.3) is 11.8 Å². The van der Waals surface area contributed by atoms with Gasteiger partial charge in [0, 0.05) is 11.9 Å². The molecule has 2 rings (SSSR count). The van der Waals surface area contributed by atoms with Crippen molar-refractivity contribution >= 4 is 41.1 Å². The van der Waals surface area contributed by atoms with Crippen molar-refractivity contribution in [2.75, 3.05) is 11.9 Å². The largest absolute Gasteiger partial charge is 0.506 e. The Morgan fingerprint density at radius 1 is 1.31 bits per heavy atom. The first kappa shape index (κ1) is 28.0. The topological polar surface area (TPSA) is 172 Å². The molecule has 0 aliphatic carbocycles. The van der Waals surface area contributed by atoms with Gasteiger partial charge >= 0.3 is 6.18 Å². The molecule has 15 heteroatoms. The second kappa shape index (κ2) is 11.9. The van der Waals surface area contributed by atoms with Crippen LogP contribution in [-0.2, 0) is 15.8 Å². The molecule has 3 amide bonds. The van der Waals surface area contributed by atoms with Gasteiger partial charge in [-0.25, -0.2) is 9.97 Å². The molecule has 0 saturated heterocycles. The summed E-state index contributed by atoms with van der Waals surface area (Å²) in [6, 6.07) is -0.165. The number of carbonyl (C=O) groups is 3. The Balaban J connectivity index is 2.10. The average Bonchev–Trinajstić information content (AvgIpc) is 3.28. The van der Waals surface area contributed by atoms with Crippen LogP contribution in [0.25, 0.3) is 0 Å². The first-order valence-corrected chi connectivity index (χ1v) is 10.9. The number of hydrogen-bond donors (Lipinski definition) is 5. The van der Waals surface area contributed by atoms with E-state index in [1.54, 1.807) is 13.8 Å². The molecule has 0 aliphatic heterocycles. The number of halogens is 3. The summed E-state index contributed by atoms with van der Waals surface area (Å²) in [6.07, 6.45) is -0.372. The maximum absolute atomic E-state index is 12.9. The summed E-state index contributed by atoms with van der Waals surface area (Å²) in [5.74, 6) is -3.49. The summed E-state index contributed by atoms with van der Waals surface area (Å²) >= 11 is 0.897. The third-order valence-corrected chi connectivity index (χ3v) is 5.38. The number of alkyl halides is 3. The van der Waals surface area contributed by atoms with Crippen molar-refractivity contribution in [3.8, 4) is 5.75 Å². The summed E-state index contributed by atoms with van der Waals surface area (Å²) in [5, 5.41) is 17.2. The van der Waals surface area contributed by atoms with Crippen molar-refractivity contribution in [2.24, 2.45) is 10.7 Å². The van der Waals surface area contributed by atoms with Crippen LogP contribution in [0.1, 0.15) is 40.1 Å². The zero-order chi connectivity index (χ0) is 27.0. The maximum atomic E-state index is 12.9. The van der Waals surface area contributed by atoms with E-state index in [1.807, 2.05) is 0 Å². The van der Waals surface area contributed by atoms with Crippen LogP contribution in [0.2, 0.25) is 0 Å². The van der Waals surface area contributed by atoms with Gasteiger partial charge in [-0.1, -0.05) is 6.58 Å². The van der Waals surface area contributed by atoms with E-state index >= 15 is 0 Å². The Labute approximate surface area is 207 Å². The molecule has 0 spiro atoms. The normalized spacial score (nSPS) is 12.8. The quantitative estimate of drug-likeness (QED) is 0.180. The van der Waals surface area contributed by atoms with Crippen LogP contribution in [0.3, 0.4) is 0 Å². The van der Waals surface area contributed by atoms with E-state index in [2.05, 4.69) is 37.5 Å². The van der Waals surface area contributed by atoms with Gasteiger partial charge in [0.05, 0.1) is 25.0 Å². The van der Waals surface area contributed by atoms with E-state index in [4.69, 9.17) is 5.73 Å². The number of allylic oxidation sites excluding steroid dienone is 1.